The summed E-state index contributed by atoms with van der Waals surface area (Å²) in [6, 6.07) is 3.82. The van der Waals surface area contributed by atoms with Crippen molar-refractivity contribution in [2.45, 2.75) is 33.6 Å². The summed E-state index contributed by atoms with van der Waals surface area (Å²) < 4.78 is 1.79. The molecule has 0 aromatic carbocycles. The molecule has 0 aliphatic heterocycles. The van der Waals surface area contributed by atoms with E-state index in [9.17, 15) is 9.59 Å². The quantitative estimate of drug-likeness (QED) is 0.888. The number of carboxylic acids is 1. The second kappa shape index (κ2) is 6.60. The smallest absolute Gasteiger partial charge is 0.305 e. The van der Waals surface area contributed by atoms with Gasteiger partial charge in [0.25, 0.3) is 5.91 Å². The molecule has 22 heavy (non-hydrogen) atoms. The number of aromatic nitrogens is 2. The SMILES string of the molecule is CCCN(CCC(=O)O)C(=O)c1c(C)nc2ccc(C)cn12. The van der Waals surface area contributed by atoms with Crippen LogP contribution in [-0.4, -0.2) is 44.4 Å². The van der Waals surface area contributed by atoms with E-state index in [4.69, 9.17) is 5.11 Å². The number of fused-ring (bicyclic) bond motifs is 1. The van der Waals surface area contributed by atoms with Crippen molar-refractivity contribution < 1.29 is 14.7 Å². The summed E-state index contributed by atoms with van der Waals surface area (Å²) in [5, 5.41) is 8.85. The predicted octanol–water partition coefficient (Wildman–Crippen LogP) is 2.28. The van der Waals surface area contributed by atoms with E-state index in [1.807, 2.05) is 32.2 Å². The van der Waals surface area contributed by atoms with Crippen molar-refractivity contribution in [3.8, 4) is 0 Å². The summed E-state index contributed by atoms with van der Waals surface area (Å²) in [7, 11) is 0. The Bertz CT molecular complexity index is 706. The Morgan fingerprint density at radius 2 is 2.00 bits per heavy atom. The number of amides is 1. The lowest BCUT2D eigenvalue weighted by molar-refractivity contribution is -0.137. The van der Waals surface area contributed by atoms with Crippen LogP contribution in [-0.2, 0) is 4.79 Å². The fraction of sp³-hybridized carbons (Fsp3) is 0.438. The Balaban J connectivity index is 2.39. The van der Waals surface area contributed by atoms with Gasteiger partial charge in [0.15, 0.2) is 0 Å². The van der Waals surface area contributed by atoms with Crippen LogP contribution in [0.5, 0.6) is 0 Å². The zero-order chi connectivity index (χ0) is 16.3. The summed E-state index contributed by atoms with van der Waals surface area (Å²) >= 11 is 0. The summed E-state index contributed by atoms with van der Waals surface area (Å²) in [6.45, 7) is 6.46. The maximum atomic E-state index is 12.8. The molecule has 0 aliphatic rings. The van der Waals surface area contributed by atoms with Crippen molar-refractivity contribution in [3.63, 3.8) is 0 Å². The van der Waals surface area contributed by atoms with Gasteiger partial charge in [-0.1, -0.05) is 13.0 Å². The maximum Gasteiger partial charge on any atom is 0.305 e. The van der Waals surface area contributed by atoms with E-state index >= 15 is 0 Å². The van der Waals surface area contributed by atoms with E-state index in [1.165, 1.54) is 0 Å². The van der Waals surface area contributed by atoms with Crippen LogP contribution < -0.4 is 0 Å². The van der Waals surface area contributed by atoms with Crippen LogP contribution in [0, 0.1) is 13.8 Å². The van der Waals surface area contributed by atoms with Crippen molar-refractivity contribution in [2.24, 2.45) is 0 Å². The molecule has 0 radical (unpaired) electrons. The highest BCUT2D eigenvalue weighted by atomic mass is 16.4. The molecule has 0 aliphatic carbocycles. The molecule has 2 aromatic rings. The van der Waals surface area contributed by atoms with Gasteiger partial charge in [0, 0.05) is 19.3 Å². The molecular weight excluding hydrogens is 282 g/mol. The number of hydrogen-bond donors (Lipinski definition) is 1. The van der Waals surface area contributed by atoms with E-state index in [1.54, 1.807) is 16.2 Å². The monoisotopic (exact) mass is 303 g/mol. The molecule has 0 fully saturated rings. The molecule has 2 heterocycles. The van der Waals surface area contributed by atoms with Crippen LogP contribution in [0.4, 0.5) is 0 Å². The van der Waals surface area contributed by atoms with Crippen LogP contribution >= 0.6 is 0 Å². The van der Waals surface area contributed by atoms with Gasteiger partial charge in [-0.05, 0) is 31.9 Å². The highest BCUT2D eigenvalue weighted by molar-refractivity contribution is 5.95. The molecule has 0 atom stereocenters. The zero-order valence-corrected chi connectivity index (χ0v) is 13.2. The first kappa shape index (κ1) is 16.0. The minimum atomic E-state index is -0.903. The number of carboxylic acid groups (broad SMARTS) is 1. The number of carbonyl (C=O) groups excluding carboxylic acids is 1. The molecule has 0 bridgehead atoms. The molecule has 6 nitrogen and oxygen atoms in total. The van der Waals surface area contributed by atoms with Gasteiger partial charge < -0.3 is 10.0 Å². The third-order valence-corrected chi connectivity index (χ3v) is 3.52. The molecule has 2 aromatic heterocycles. The molecule has 0 spiro atoms. The van der Waals surface area contributed by atoms with Crippen LogP contribution in [0.15, 0.2) is 18.3 Å². The lowest BCUT2D eigenvalue weighted by Crippen LogP contribution is -2.34. The Labute approximate surface area is 129 Å². The van der Waals surface area contributed by atoms with Gasteiger partial charge in [-0.3, -0.25) is 14.0 Å². The standard InChI is InChI=1S/C16H21N3O3/c1-4-8-18(9-7-14(20)21)16(22)15-12(3)17-13-6-5-11(2)10-19(13)15/h5-6,10H,4,7-9H2,1-3H3,(H,20,21). The van der Waals surface area contributed by atoms with Crippen LogP contribution in [0.1, 0.15) is 41.5 Å². The second-order valence-electron chi connectivity index (χ2n) is 5.42. The molecule has 0 unspecified atom stereocenters. The minimum absolute atomic E-state index is 0.0550. The van der Waals surface area contributed by atoms with Gasteiger partial charge in [-0.2, -0.15) is 0 Å². The fourth-order valence-corrected chi connectivity index (χ4v) is 2.49. The van der Waals surface area contributed by atoms with Crippen LogP contribution in [0.2, 0.25) is 0 Å². The van der Waals surface area contributed by atoms with Gasteiger partial charge in [0.1, 0.15) is 11.3 Å². The van der Waals surface area contributed by atoms with Gasteiger partial charge in [-0.15, -0.1) is 0 Å². The largest absolute Gasteiger partial charge is 0.481 e. The predicted molar refractivity (Wildman–Crippen MR) is 83.1 cm³/mol. The third kappa shape index (κ3) is 3.27. The number of hydrogen-bond acceptors (Lipinski definition) is 3. The number of rotatable bonds is 6. The molecular formula is C16H21N3O3. The Morgan fingerprint density at radius 3 is 2.64 bits per heavy atom. The summed E-state index contributed by atoms with van der Waals surface area (Å²) in [5.74, 6) is -1.07. The molecule has 118 valence electrons. The lowest BCUT2D eigenvalue weighted by atomic mass is 10.2. The summed E-state index contributed by atoms with van der Waals surface area (Å²) in [4.78, 5) is 29.6. The average molecular weight is 303 g/mol. The van der Waals surface area contributed by atoms with Crippen molar-refractivity contribution in [2.75, 3.05) is 13.1 Å². The van der Waals surface area contributed by atoms with Crippen LogP contribution in [0.25, 0.3) is 5.65 Å². The van der Waals surface area contributed by atoms with E-state index in [0.29, 0.717) is 17.9 Å². The van der Waals surface area contributed by atoms with Crippen molar-refractivity contribution in [1.29, 1.82) is 0 Å². The lowest BCUT2D eigenvalue weighted by Gasteiger charge is -2.21. The van der Waals surface area contributed by atoms with Crippen molar-refractivity contribution in [3.05, 3.63) is 35.3 Å². The summed E-state index contributed by atoms with van der Waals surface area (Å²) in [5.41, 5.74) is 2.93. The van der Waals surface area contributed by atoms with E-state index in [-0.39, 0.29) is 18.9 Å². The average Bonchev–Trinajstić information content (AvgIpc) is 2.77. The number of aryl methyl sites for hydroxylation is 2. The first-order valence-corrected chi connectivity index (χ1v) is 7.40. The number of nitrogens with zero attached hydrogens (tertiary/aromatic N) is 3. The normalized spacial score (nSPS) is 10.9. The molecule has 1 N–H and O–H groups in total. The van der Waals surface area contributed by atoms with Crippen LogP contribution in [0.3, 0.4) is 0 Å². The first-order chi connectivity index (χ1) is 10.4. The van der Waals surface area contributed by atoms with Gasteiger partial charge in [-0.25, -0.2) is 4.98 Å². The third-order valence-electron chi connectivity index (χ3n) is 3.52. The Kier molecular flexibility index (Phi) is 4.80. The van der Waals surface area contributed by atoms with Gasteiger partial charge in [0.2, 0.25) is 0 Å². The highest BCUT2D eigenvalue weighted by Crippen LogP contribution is 2.16. The number of imidazole rings is 1. The van der Waals surface area contributed by atoms with Crippen molar-refractivity contribution >= 4 is 17.5 Å². The topological polar surface area (TPSA) is 74.9 Å². The van der Waals surface area contributed by atoms with E-state index < -0.39 is 5.97 Å². The summed E-state index contributed by atoms with van der Waals surface area (Å²) in [6.07, 6.45) is 2.60. The Hall–Kier alpha value is -2.37. The fourth-order valence-electron chi connectivity index (χ4n) is 2.49. The number of pyridine rings is 1. The Morgan fingerprint density at radius 1 is 1.27 bits per heavy atom. The maximum absolute atomic E-state index is 12.8. The molecule has 0 saturated carbocycles. The molecule has 0 saturated heterocycles. The van der Waals surface area contributed by atoms with E-state index in [2.05, 4.69) is 4.98 Å². The van der Waals surface area contributed by atoms with Crippen molar-refractivity contribution in [1.82, 2.24) is 14.3 Å². The second-order valence-corrected chi connectivity index (χ2v) is 5.42. The zero-order valence-electron chi connectivity index (χ0n) is 13.2. The minimum Gasteiger partial charge on any atom is -0.481 e. The first-order valence-electron chi connectivity index (χ1n) is 7.40. The molecule has 2 rings (SSSR count). The highest BCUT2D eigenvalue weighted by Gasteiger charge is 2.22. The molecule has 6 heteroatoms. The van der Waals surface area contributed by atoms with Gasteiger partial charge in [0.05, 0.1) is 12.1 Å². The molecule has 1 amide bonds. The number of aliphatic carboxylic acids is 1. The number of carbonyl (C=O) groups is 2. The van der Waals surface area contributed by atoms with Gasteiger partial charge >= 0.3 is 5.97 Å². The van der Waals surface area contributed by atoms with E-state index in [0.717, 1.165) is 17.6 Å².